The van der Waals surface area contributed by atoms with Crippen molar-refractivity contribution >= 4 is 11.0 Å². The number of hydrogen-bond acceptors (Lipinski definition) is 2. The Balaban J connectivity index is 1.84. The average molecular weight is 415 g/mol. The summed E-state index contributed by atoms with van der Waals surface area (Å²) in [5.74, 6) is 0. The number of nitrogens with zero attached hydrogens (tertiary/aromatic N) is 4. The van der Waals surface area contributed by atoms with Crippen molar-refractivity contribution in [3.63, 3.8) is 0 Å². The summed E-state index contributed by atoms with van der Waals surface area (Å²) >= 11 is 0. The van der Waals surface area contributed by atoms with Crippen molar-refractivity contribution < 1.29 is 0 Å². The average Bonchev–Trinajstić information content (AvgIpc) is 3.31. The fraction of sp³-hybridized carbons (Fsp3) is 0.0714. The van der Waals surface area contributed by atoms with Crippen LogP contribution in [0.25, 0.3) is 44.9 Å². The Labute approximate surface area is 186 Å². The van der Waals surface area contributed by atoms with E-state index in [1.54, 1.807) is 0 Å². The monoisotopic (exact) mass is 414 g/mol. The van der Waals surface area contributed by atoms with E-state index in [0.717, 1.165) is 33.9 Å². The molecule has 4 nitrogen and oxygen atoms in total. The number of pyridine rings is 4. The second-order valence-corrected chi connectivity index (χ2v) is 8.04. The van der Waals surface area contributed by atoms with E-state index < -0.39 is 0 Å². The molecule has 154 valence electrons. The number of hydrogen-bond donors (Lipinski definition) is 0. The zero-order valence-electron chi connectivity index (χ0n) is 18.0. The van der Waals surface area contributed by atoms with E-state index in [1.807, 2.05) is 24.5 Å². The lowest BCUT2D eigenvalue weighted by Crippen LogP contribution is -1.96. The highest BCUT2D eigenvalue weighted by atomic mass is 15.0. The predicted molar refractivity (Wildman–Crippen MR) is 130 cm³/mol. The van der Waals surface area contributed by atoms with Crippen LogP contribution in [0.3, 0.4) is 0 Å². The molecule has 4 heteroatoms. The number of aromatic nitrogens is 4. The summed E-state index contributed by atoms with van der Waals surface area (Å²) < 4.78 is 4.58. The minimum absolute atomic E-state index is 0.971. The quantitative estimate of drug-likeness (QED) is 0.327. The lowest BCUT2D eigenvalue weighted by atomic mass is 9.99. The Kier molecular flexibility index (Phi) is 4.18. The normalized spacial score (nSPS) is 11.4. The molecule has 32 heavy (non-hydrogen) atoms. The summed E-state index contributed by atoms with van der Waals surface area (Å²) in [7, 11) is 0. The Morgan fingerprint density at radius 1 is 0.531 bits per heavy atom. The van der Waals surface area contributed by atoms with Gasteiger partial charge in [0, 0.05) is 46.9 Å². The summed E-state index contributed by atoms with van der Waals surface area (Å²) in [5, 5.41) is 0. The van der Waals surface area contributed by atoms with Crippen molar-refractivity contribution in [1.82, 2.24) is 18.8 Å². The molecule has 0 amide bonds. The minimum Gasteiger partial charge on any atom is -0.314 e. The molecular weight excluding hydrogens is 392 g/mol. The first kappa shape index (κ1) is 18.6. The SMILES string of the molecule is Cc1c(-c2ccccn2)c(-c2c(-c3ccccn3)c(C)c3ccccn23)n2ccccc12. The topological polar surface area (TPSA) is 34.6 Å². The van der Waals surface area contributed by atoms with Gasteiger partial charge in [0.1, 0.15) is 0 Å². The molecule has 6 aromatic rings. The Morgan fingerprint density at radius 3 is 1.38 bits per heavy atom. The van der Waals surface area contributed by atoms with Crippen LogP contribution >= 0.6 is 0 Å². The van der Waals surface area contributed by atoms with Crippen LogP contribution in [0.2, 0.25) is 0 Å². The lowest BCUT2D eigenvalue weighted by molar-refractivity contribution is 1.13. The van der Waals surface area contributed by atoms with E-state index in [0.29, 0.717) is 0 Å². The smallest absolute Gasteiger partial charge is 0.0802 e. The maximum Gasteiger partial charge on any atom is 0.0802 e. The molecule has 0 aliphatic carbocycles. The molecule has 0 unspecified atom stereocenters. The molecule has 0 bridgehead atoms. The van der Waals surface area contributed by atoms with Gasteiger partial charge in [-0.2, -0.15) is 0 Å². The molecule has 0 saturated carbocycles. The molecule has 0 fully saturated rings. The summed E-state index contributed by atoms with van der Waals surface area (Å²) in [6.45, 7) is 4.37. The molecule has 0 aliphatic rings. The van der Waals surface area contributed by atoms with Crippen LogP contribution in [-0.2, 0) is 0 Å². The van der Waals surface area contributed by atoms with Crippen LogP contribution in [-0.4, -0.2) is 18.8 Å². The van der Waals surface area contributed by atoms with Gasteiger partial charge in [-0.05, 0) is 73.5 Å². The lowest BCUT2D eigenvalue weighted by Gasteiger charge is -2.11. The molecular formula is C28H22N4. The van der Waals surface area contributed by atoms with Gasteiger partial charge in [0.05, 0.1) is 22.8 Å². The van der Waals surface area contributed by atoms with E-state index in [1.165, 1.54) is 22.2 Å². The van der Waals surface area contributed by atoms with E-state index in [2.05, 4.69) is 95.7 Å². The first-order chi connectivity index (χ1) is 15.8. The Bertz CT molecular complexity index is 1450. The fourth-order valence-electron chi connectivity index (χ4n) is 4.85. The standard InChI is InChI=1S/C28H22N4/c1-19-23-13-5-9-17-31(23)27(25(19)21-11-3-7-15-29-21)28-26(22-12-4-8-16-30-22)20(2)24-14-6-10-18-32(24)28/h3-18H,1-2H3. The Morgan fingerprint density at radius 2 is 0.969 bits per heavy atom. The highest BCUT2D eigenvalue weighted by Gasteiger charge is 2.26. The zero-order valence-corrected chi connectivity index (χ0v) is 18.0. The first-order valence-corrected chi connectivity index (χ1v) is 10.8. The molecule has 0 aliphatic heterocycles. The van der Waals surface area contributed by atoms with Gasteiger partial charge in [0.25, 0.3) is 0 Å². The Hall–Kier alpha value is -4.18. The van der Waals surface area contributed by atoms with Crippen LogP contribution in [0.1, 0.15) is 11.1 Å². The third-order valence-electron chi connectivity index (χ3n) is 6.26. The zero-order chi connectivity index (χ0) is 21.7. The third kappa shape index (κ3) is 2.63. The van der Waals surface area contributed by atoms with Gasteiger partial charge in [-0.1, -0.05) is 24.3 Å². The van der Waals surface area contributed by atoms with E-state index in [-0.39, 0.29) is 0 Å². The van der Waals surface area contributed by atoms with Gasteiger partial charge in [-0.3, -0.25) is 9.97 Å². The molecule has 0 N–H and O–H groups in total. The van der Waals surface area contributed by atoms with Crippen molar-refractivity contribution in [2.24, 2.45) is 0 Å². The van der Waals surface area contributed by atoms with Gasteiger partial charge < -0.3 is 8.80 Å². The van der Waals surface area contributed by atoms with E-state index in [9.17, 15) is 0 Å². The predicted octanol–water partition coefficient (Wildman–Crippen LogP) is 6.60. The molecule has 0 radical (unpaired) electrons. The van der Waals surface area contributed by atoms with E-state index >= 15 is 0 Å². The molecule has 0 aromatic carbocycles. The summed E-state index contributed by atoms with van der Waals surface area (Å²) in [5.41, 5.74) is 11.3. The largest absolute Gasteiger partial charge is 0.314 e. The molecule has 0 atom stereocenters. The van der Waals surface area contributed by atoms with Crippen molar-refractivity contribution in [1.29, 1.82) is 0 Å². The second-order valence-electron chi connectivity index (χ2n) is 8.04. The maximum absolute atomic E-state index is 4.74. The maximum atomic E-state index is 4.74. The van der Waals surface area contributed by atoms with Gasteiger partial charge in [0.2, 0.25) is 0 Å². The van der Waals surface area contributed by atoms with Crippen molar-refractivity contribution in [3.8, 4) is 33.9 Å². The summed E-state index contributed by atoms with van der Waals surface area (Å²) in [6, 6.07) is 24.9. The number of rotatable bonds is 3. The minimum atomic E-state index is 0.971. The van der Waals surface area contributed by atoms with E-state index in [4.69, 9.17) is 9.97 Å². The van der Waals surface area contributed by atoms with Crippen molar-refractivity contribution in [3.05, 3.63) is 109 Å². The fourth-order valence-corrected chi connectivity index (χ4v) is 4.85. The summed E-state index contributed by atoms with van der Waals surface area (Å²) in [6.07, 6.45) is 8.01. The summed E-state index contributed by atoms with van der Waals surface area (Å²) in [4.78, 5) is 9.48. The van der Waals surface area contributed by atoms with Crippen LogP contribution < -0.4 is 0 Å². The van der Waals surface area contributed by atoms with Crippen LogP contribution in [0.15, 0.2) is 97.6 Å². The highest BCUT2D eigenvalue weighted by Crippen LogP contribution is 2.44. The molecule has 0 saturated heterocycles. The van der Waals surface area contributed by atoms with Gasteiger partial charge in [-0.15, -0.1) is 0 Å². The van der Waals surface area contributed by atoms with Gasteiger partial charge >= 0.3 is 0 Å². The molecule has 6 rings (SSSR count). The van der Waals surface area contributed by atoms with Crippen molar-refractivity contribution in [2.45, 2.75) is 13.8 Å². The highest BCUT2D eigenvalue weighted by molar-refractivity contribution is 5.97. The van der Waals surface area contributed by atoms with Gasteiger partial charge in [0.15, 0.2) is 0 Å². The van der Waals surface area contributed by atoms with Crippen LogP contribution in [0, 0.1) is 13.8 Å². The molecule has 6 heterocycles. The molecule has 0 spiro atoms. The second kappa shape index (κ2) is 7.20. The van der Waals surface area contributed by atoms with Crippen LogP contribution in [0.5, 0.6) is 0 Å². The van der Waals surface area contributed by atoms with Crippen molar-refractivity contribution in [2.75, 3.05) is 0 Å². The third-order valence-corrected chi connectivity index (χ3v) is 6.26. The number of fused-ring (bicyclic) bond motifs is 2. The van der Waals surface area contributed by atoms with Crippen LogP contribution in [0.4, 0.5) is 0 Å². The number of aryl methyl sites for hydroxylation is 2. The molecule has 6 aromatic heterocycles. The van der Waals surface area contributed by atoms with Gasteiger partial charge in [-0.25, -0.2) is 0 Å². The first-order valence-electron chi connectivity index (χ1n) is 10.8.